The first-order valence-electron chi connectivity index (χ1n) is 10.2. The molecule has 5 rings (SSSR count). The lowest BCUT2D eigenvalue weighted by Crippen LogP contribution is -2.20. The first kappa shape index (κ1) is 19.7. The predicted octanol–water partition coefficient (Wildman–Crippen LogP) is 4.15. The number of nitrogens with one attached hydrogen (secondary N) is 2. The Morgan fingerprint density at radius 3 is 2.90 bits per heavy atom. The van der Waals surface area contributed by atoms with E-state index in [4.69, 9.17) is 16.3 Å². The number of aromatic nitrogens is 5. The number of carbonyl (C=O) groups excluding carboxylic acids is 1. The Hall–Kier alpha value is -3.23. The molecule has 0 spiro atoms. The number of anilines is 1. The molecule has 1 saturated heterocycles. The largest absolute Gasteiger partial charge is 0.381 e. The smallest absolute Gasteiger partial charge is 0.274 e. The number of ether oxygens (including phenoxy) is 1. The summed E-state index contributed by atoms with van der Waals surface area (Å²) in [5, 5.41) is 3.28. The third kappa shape index (κ3) is 4.17. The standard InChI is InChI=1S/C22H21ClN6O2/c23-17-9-25-21(28-22(30)19-10-24-12-26-19)8-16(17)15-1-2-18-20(7-15)29(13-27-18)11-14-3-5-31-6-4-14/h1-2,7-10,12-14H,3-6,11H2,(H,24,26)(H,25,28,30). The van der Waals surface area contributed by atoms with E-state index in [1.807, 2.05) is 18.5 Å². The van der Waals surface area contributed by atoms with E-state index in [9.17, 15) is 4.79 Å². The van der Waals surface area contributed by atoms with E-state index >= 15 is 0 Å². The fourth-order valence-electron chi connectivity index (χ4n) is 3.87. The molecule has 158 valence electrons. The van der Waals surface area contributed by atoms with Crippen LogP contribution in [0.25, 0.3) is 22.2 Å². The van der Waals surface area contributed by atoms with Crippen LogP contribution in [0.3, 0.4) is 0 Å². The summed E-state index contributed by atoms with van der Waals surface area (Å²) in [6.45, 7) is 2.56. The van der Waals surface area contributed by atoms with Gasteiger partial charge in [0, 0.05) is 31.5 Å². The van der Waals surface area contributed by atoms with Crippen LogP contribution in [0.5, 0.6) is 0 Å². The highest BCUT2D eigenvalue weighted by atomic mass is 35.5. The van der Waals surface area contributed by atoms with Crippen molar-refractivity contribution in [2.24, 2.45) is 5.92 Å². The summed E-state index contributed by atoms with van der Waals surface area (Å²) in [4.78, 5) is 27.7. The van der Waals surface area contributed by atoms with Crippen molar-refractivity contribution in [1.29, 1.82) is 0 Å². The molecular weight excluding hydrogens is 416 g/mol. The minimum absolute atomic E-state index is 0.316. The fourth-order valence-corrected chi connectivity index (χ4v) is 4.08. The molecule has 9 heteroatoms. The minimum Gasteiger partial charge on any atom is -0.381 e. The van der Waals surface area contributed by atoms with Crippen molar-refractivity contribution in [3.8, 4) is 11.1 Å². The zero-order chi connectivity index (χ0) is 21.2. The molecular formula is C22H21ClN6O2. The number of nitrogens with zero attached hydrogens (tertiary/aromatic N) is 4. The van der Waals surface area contributed by atoms with Gasteiger partial charge in [-0.05, 0) is 42.5 Å². The van der Waals surface area contributed by atoms with Gasteiger partial charge in [0.2, 0.25) is 0 Å². The number of hydrogen-bond acceptors (Lipinski definition) is 5. The van der Waals surface area contributed by atoms with E-state index in [0.29, 0.717) is 22.5 Å². The van der Waals surface area contributed by atoms with Crippen molar-refractivity contribution in [2.75, 3.05) is 18.5 Å². The summed E-state index contributed by atoms with van der Waals surface area (Å²) in [6, 6.07) is 7.83. The van der Waals surface area contributed by atoms with E-state index in [1.165, 1.54) is 12.5 Å². The van der Waals surface area contributed by atoms with E-state index in [1.54, 1.807) is 12.3 Å². The zero-order valence-corrected chi connectivity index (χ0v) is 17.5. The summed E-state index contributed by atoms with van der Waals surface area (Å²) >= 11 is 6.46. The number of benzene rings is 1. The molecule has 4 heterocycles. The van der Waals surface area contributed by atoms with Crippen molar-refractivity contribution >= 4 is 34.4 Å². The molecule has 4 aromatic rings. The van der Waals surface area contributed by atoms with Crippen molar-refractivity contribution in [3.63, 3.8) is 0 Å². The Bertz CT molecular complexity index is 1210. The number of carbonyl (C=O) groups is 1. The van der Waals surface area contributed by atoms with Gasteiger partial charge < -0.3 is 19.6 Å². The van der Waals surface area contributed by atoms with Gasteiger partial charge in [0.25, 0.3) is 5.91 Å². The minimum atomic E-state index is -0.316. The summed E-state index contributed by atoms with van der Waals surface area (Å²) in [5.74, 6) is 0.682. The molecule has 0 bridgehead atoms. The molecule has 2 N–H and O–H groups in total. The molecule has 1 amide bonds. The van der Waals surface area contributed by atoms with Gasteiger partial charge in [-0.2, -0.15) is 0 Å². The third-order valence-electron chi connectivity index (χ3n) is 5.57. The summed E-state index contributed by atoms with van der Waals surface area (Å²) in [7, 11) is 0. The number of halogens is 1. The molecule has 0 saturated carbocycles. The quantitative estimate of drug-likeness (QED) is 0.489. The molecule has 3 aromatic heterocycles. The second-order valence-corrected chi connectivity index (χ2v) is 8.03. The highest BCUT2D eigenvalue weighted by Crippen LogP contribution is 2.32. The Kier molecular flexibility index (Phi) is 5.40. The van der Waals surface area contributed by atoms with Gasteiger partial charge in [-0.15, -0.1) is 0 Å². The van der Waals surface area contributed by atoms with Gasteiger partial charge in [-0.25, -0.2) is 15.0 Å². The molecule has 0 aliphatic carbocycles. The van der Waals surface area contributed by atoms with Crippen LogP contribution in [0.2, 0.25) is 5.02 Å². The fraction of sp³-hybridized carbons (Fsp3) is 0.273. The van der Waals surface area contributed by atoms with Crippen LogP contribution in [0.4, 0.5) is 5.82 Å². The molecule has 1 aliphatic rings. The Morgan fingerprint density at radius 1 is 1.23 bits per heavy atom. The van der Waals surface area contributed by atoms with Crippen molar-refractivity contribution in [3.05, 3.63) is 60.0 Å². The third-order valence-corrected chi connectivity index (χ3v) is 5.87. The van der Waals surface area contributed by atoms with Gasteiger partial charge in [0.05, 0.1) is 34.9 Å². The molecule has 1 fully saturated rings. The Morgan fingerprint density at radius 2 is 2.10 bits per heavy atom. The van der Waals surface area contributed by atoms with Gasteiger partial charge in [-0.1, -0.05) is 17.7 Å². The van der Waals surface area contributed by atoms with Gasteiger partial charge in [0.1, 0.15) is 11.5 Å². The maximum Gasteiger partial charge on any atom is 0.274 e. The number of H-pyrrole nitrogens is 1. The van der Waals surface area contributed by atoms with Crippen LogP contribution in [0.1, 0.15) is 23.3 Å². The van der Waals surface area contributed by atoms with E-state index in [0.717, 1.165) is 54.8 Å². The lowest BCUT2D eigenvalue weighted by atomic mass is 10.00. The maximum atomic E-state index is 12.3. The number of fused-ring (bicyclic) bond motifs is 1. The number of aromatic amines is 1. The van der Waals surface area contributed by atoms with Crippen LogP contribution < -0.4 is 5.32 Å². The molecule has 0 unspecified atom stereocenters. The molecule has 31 heavy (non-hydrogen) atoms. The number of imidazole rings is 2. The van der Waals surface area contributed by atoms with Gasteiger partial charge in [-0.3, -0.25) is 4.79 Å². The predicted molar refractivity (Wildman–Crippen MR) is 118 cm³/mol. The number of amides is 1. The highest BCUT2D eigenvalue weighted by molar-refractivity contribution is 6.33. The first-order valence-corrected chi connectivity index (χ1v) is 10.5. The topological polar surface area (TPSA) is 97.7 Å². The van der Waals surface area contributed by atoms with Crippen LogP contribution >= 0.6 is 11.6 Å². The average Bonchev–Trinajstić information content (AvgIpc) is 3.46. The zero-order valence-electron chi connectivity index (χ0n) is 16.7. The monoisotopic (exact) mass is 436 g/mol. The Labute approximate surface area is 183 Å². The van der Waals surface area contributed by atoms with E-state index < -0.39 is 0 Å². The van der Waals surface area contributed by atoms with E-state index in [2.05, 4.69) is 35.9 Å². The number of hydrogen-bond donors (Lipinski definition) is 2. The van der Waals surface area contributed by atoms with Crippen molar-refractivity contribution in [1.82, 2.24) is 24.5 Å². The molecule has 1 aliphatic heterocycles. The normalized spacial score (nSPS) is 14.7. The van der Waals surface area contributed by atoms with E-state index in [-0.39, 0.29) is 5.91 Å². The summed E-state index contributed by atoms with van der Waals surface area (Å²) in [5.41, 5.74) is 4.08. The van der Waals surface area contributed by atoms with Crippen molar-refractivity contribution < 1.29 is 9.53 Å². The van der Waals surface area contributed by atoms with Crippen LogP contribution in [0.15, 0.2) is 49.3 Å². The number of rotatable bonds is 5. The summed E-state index contributed by atoms with van der Waals surface area (Å²) < 4.78 is 7.68. The highest BCUT2D eigenvalue weighted by Gasteiger charge is 2.17. The van der Waals surface area contributed by atoms with Crippen LogP contribution in [-0.4, -0.2) is 43.6 Å². The van der Waals surface area contributed by atoms with Crippen LogP contribution in [-0.2, 0) is 11.3 Å². The SMILES string of the molecule is O=C(Nc1cc(-c2ccc3ncn(CC4CCOCC4)c3c2)c(Cl)cn1)c1cnc[nH]1. The lowest BCUT2D eigenvalue weighted by molar-refractivity contribution is 0.0616. The lowest BCUT2D eigenvalue weighted by Gasteiger charge is -2.22. The summed E-state index contributed by atoms with van der Waals surface area (Å²) in [6.07, 6.45) is 8.48. The first-order chi connectivity index (χ1) is 15.2. The second-order valence-electron chi connectivity index (χ2n) is 7.62. The molecule has 1 aromatic carbocycles. The number of pyridine rings is 1. The van der Waals surface area contributed by atoms with Gasteiger partial charge >= 0.3 is 0 Å². The molecule has 0 atom stereocenters. The van der Waals surface area contributed by atoms with Gasteiger partial charge in [0.15, 0.2) is 0 Å². The average molecular weight is 437 g/mol. The maximum absolute atomic E-state index is 12.3. The Balaban J connectivity index is 1.44. The molecule has 8 nitrogen and oxygen atoms in total. The van der Waals surface area contributed by atoms with Crippen LogP contribution in [0, 0.1) is 5.92 Å². The molecule has 0 radical (unpaired) electrons. The second kappa shape index (κ2) is 8.49. The van der Waals surface area contributed by atoms with Crippen molar-refractivity contribution in [2.45, 2.75) is 19.4 Å².